The molecule has 0 fully saturated rings. The van der Waals surface area contributed by atoms with E-state index in [-0.39, 0.29) is 25.0 Å². The largest absolute Gasteiger partial charge is 0.469 e. The van der Waals surface area contributed by atoms with Crippen molar-refractivity contribution in [2.75, 3.05) is 20.2 Å². The molecule has 0 radical (unpaired) electrons. The number of methoxy groups -OCH3 is 1. The molecule has 1 aromatic carbocycles. The Labute approximate surface area is 117 Å². The molecule has 0 saturated carbocycles. The Kier molecular flexibility index (Phi) is 6.74. The van der Waals surface area contributed by atoms with Gasteiger partial charge in [-0.25, -0.2) is 4.79 Å². The third-order valence-corrected chi connectivity index (χ3v) is 2.71. The maximum Gasteiger partial charge on any atom is 0.314 e. The van der Waals surface area contributed by atoms with Crippen molar-refractivity contribution in [3.63, 3.8) is 0 Å². The standard InChI is InChI=1S/C13H17ClN2O3/c1-19-12(17)7-9-16-13(18)15-8-6-10-2-4-11(14)5-3-10/h2-5H,6-9H2,1H3,(H2,15,16,18). The topological polar surface area (TPSA) is 67.4 Å². The number of halogens is 1. The van der Waals surface area contributed by atoms with Gasteiger partial charge in [-0.05, 0) is 24.1 Å². The van der Waals surface area contributed by atoms with E-state index in [1.807, 2.05) is 24.3 Å². The van der Waals surface area contributed by atoms with Crippen LogP contribution < -0.4 is 10.6 Å². The molecule has 2 amide bonds. The second-order valence-corrected chi connectivity index (χ2v) is 4.32. The lowest BCUT2D eigenvalue weighted by Gasteiger charge is -2.07. The van der Waals surface area contributed by atoms with Crippen molar-refractivity contribution in [3.05, 3.63) is 34.9 Å². The highest BCUT2D eigenvalue weighted by Gasteiger charge is 2.03. The average Bonchev–Trinajstić information content (AvgIpc) is 2.41. The van der Waals surface area contributed by atoms with Gasteiger partial charge in [0.2, 0.25) is 0 Å². The maximum atomic E-state index is 11.4. The molecule has 104 valence electrons. The minimum absolute atomic E-state index is 0.168. The van der Waals surface area contributed by atoms with Gasteiger partial charge in [-0.15, -0.1) is 0 Å². The molecule has 0 saturated heterocycles. The molecule has 0 unspecified atom stereocenters. The van der Waals surface area contributed by atoms with Gasteiger partial charge >= 0.3 is 12.0 Å². The van der Waals surface area contributed by atoms with Crippen LogP contribution >= 0.6 is 11.6 Å². The molecule has 0 atom stereocenters. The van der Waals surface area contributed by atoms with Crippen LogP contribution in [0.25, 0.3) is 0 Å². The van der Waals surface area contributed by atoms with E-state index in [0.29, 0.717) is 11.6 Å². The number of carbonyl (C=O) groups excluding carboxylic acids is 2. The summed E-state index contributed by atoms with van der Waals surface area (Å²) in [7, 11) is 1.31. The first kappa shape index (κ1) is 15.3. The summed E-state index contributed by atoms with van der Waals surface area (Å²) in [4.78, 5) is 22.2. The normalized spacial score (nSPS) is 9.79. The molecule has 0 aromatic heterocycles. The summed E-state index contributed by atoms with van der Waals surface area (Å²) in [6, 6.07) is 7.16. The van der Waals surface area contributed by atoms with Gasteiger partial charge in [0, 0.05) is 18.1 Å². The number of hydrogen-bond donors (Lipinski definition) is 2. The molecule has 5 nitrogen and oxygen atoms in total. The van der Waals surface area contributed by atoms with Crippen LogP contribution in [0.15, 0.2) is 24.3 Å². The van der Waals surface area contributed by atoms with E-state index in [0.717, 1.165) is 12.0 Å². The average molecular weight is 285 g/mol. The molecular weight excluding hydrogens is 268 g/mol. The second-order valence-electron chi connectivity index (χ2n) is 3.89. The molecule has 0 aliphatic rings. The number of carbonyl (C=O) groups is 2. The summed E-state index contributed by atoms with van der Waals surface area (Å²) < 4.78 is 4.46. The fourth-order valence-electron chi connectivity index (χ4n) is 1.41. The zero-order chi connectivity index (χ0) is 14.1. The number of amides is 2. The number of benzene rings is 1. The third-order valence-electron chi connectivity index (χ3n) is 2.45. The Morgan fingerprint density at radius 3 is 2.42 bits per heavy atom. The van der Waals surface area contributed by atoms with E-state index in [2.05, 4.69) is 15.4 Å². The lowest BCUT2D eigenvalue weighted by atomic mass is 10.1. The number of hydrogen-bond acceptors (Lipinski definition) is 3. The minimum atomic E-state index is -0.346. The number of esters is 1. The van der Waals surface area contributed by atoms with Crippen molar-refractivity contribution in [2.45, 2.75) is 12.8 Å². The van der Waals surface area contributed by atoms with E-state index in [9.17, 15) is 9.59 Å². The summed E-state index contributed by atoms with van der Waals surface area (Å²) in [6.07, 6.45) is 0.892. The van der Waals surface area contributed by atoms with E-state index in [1.165, 1.54) is 7.11 Å². The Bertz CT molecular complexity index is 420. The molecule has 0 heterocycles. The van der Waals surface area contributed by atoms with Gasteiger partial charge in [-0.1, -0.05) is 23.7 Å². The highest BCUT2D eigenvalue weighted by Crippen LogP contribution is 2.09. The highest BCUT2D eigenvalue weighted by atomic mass is 35.5. The van der Waals surface area contributed by atoms with Gasteiger partial charge in [0.15, 0.2) is 0 Å². The molecule has 0 bridgehead atoms. The molecule has 0 spiro atoms. The predicted octanol–water partition coefficient (Wildman–Crippen LogP) is 1.74. The quantitative estimate of drug-likeness (QED) is 0.782. The van der Waals surface area contributed by atoms with Crippen LogP contribution in [0.4, 0.5) is 4.79 Å². The summed E-state index contributed by atoms with van der Waals surface area (Å²) in [5.41, 5.74) is 1.10. The zero-order valence-electron chi connectivity index (χ0n) is 10.7. The molecular formula is C13H17ClN2O3. The first-order chi connectivity index (χ1) is 9.11. The molecule has 0 aliphatic carbocycles. The van der Waals surface area contributed by atoms with Crippen molar-refractivity contribution in [3.8, 4) is 0 Å². The summed E-state index contributed by atoms with van der Waals surface area (Å²) >= 11 is 5.77. The van der Waals surface area contributed by atoms with Crippen LogP contribution in [0.2, 0.25) is 5.02 Å². The van der Waals surface area contributed by atoms with E-state index in [4.69, 9.17) is 11.6 Å². The summed E-state index contributed by atoms with van der Waals surface area (Å²) in [5.74, 6) is -0.346. The molecule has 1 rings (SSSR count). The second kappa shape index (κ2) is 8.37. The van der Waals surface area contributed by atoms with Crippen molar-refractivity contribution in [2.24, 2.45) is 0 Å². The first-order valence-electron chi connectivity index (χ1n) is 5.95. The van der Waals surface area contributed by atoms with E-state index in [1.54, 1.807) is 0 Å². The molecule has 0 aliphatic heterocycles. The first-order valence-corrected chi connectivity index (χ1v) is 6.32. The summed E-state index contributed by atoms with van der Waals surface area (Å²) in [5, 5.41) is 5.97. The minimum Gasteiger partial charge on any atom is -0.469 e. The SMILES string of the molecule is COC(=O)CCNC(=O)NCCc1ccc(Cl)cc1. The van der Waals surface area contributed by atoms with Crippen LogP contribution in [-0.2, 0) is 16.0 Å². The lowest BCUT2D eigenvalue weighted by Crippen LogP contribution is -2.37. The molecule has 6 heteroatoms. The van der Waals surface area contributed by atoms with E-state index < -0.39 is 0 Å². The Balaban J connectivity index is 2.13. The predicted molar refractivity (Wildman–Crippen MR) is 73.2 cm³/mol. The third kappa shape index (κ3) is 6.67. The smallest absolute Gasteiger partial charge is 0.314 e. The number of rotatable bonds is 6. The number of nitrogens with one attached hydrogen (secondary N) is 2. The fraction of sp³-hybridized carbons (Fsp3) is 0.385. The van der Waals surface area contributed by atoms with Crippen LogP contribution in [0.3, 0.4) is 0 Å². The fourth-order valence-corrected chi connectivity index (χ4v) is 1.54. The molecule has 19 heavy (non-hydrogen) atoms. The van der Waals surface area contributed by atoms with Crippen molar-refractivity contribution >= 4 is 23.6 Å². The van der Waals surface area contributed by atoms with Crippen LogP contribution in [0, 0.1) is 0 Å². The van der Waals surface area contributed by atoms with Crippen LogP contribution in [-0.4, -0.2) is 32.2 Å². The molecule has 2 N–H and O–H groups in total. The van der Waals surface area contributed by atoms with Gasteiger partial charge in [0.05, 0.1) is 13.5 Å². The van der Waals surface area contributed by atoms with Crippen LogP contribution in [0.1, 0.15) is 12.0 Å². The summed E-state index contributed by atoms with van der Waals surface area (Å²) in [6.45, 7) is 0.783. The lowest BCUT2D eigenvalue weighted by molar-refractivity contribution is -0.140. The van der Waals surface area contributed by atoms with Crippen molar-refractivity contribution < 1.29 is 14.3 Å². The molecule has 1 aromatic rings. The Hall–Kier alpha value is -1.75. The number of ether oxygens (including phenoxy) is 1. The monoisotopic (exact) mass is 284 g/mol. The zero-order valence-corrected chi connectivity index (χ0v) is 11.5. The van der Waals surface area contributed by atoms with Crippen molar-refractivity contribution in [1.82, 2.24) is 10.6 Å². The van der Waals surface area contributed by atoms with Gasteiger partial charge in [-0.3, -0.25) is 4.79 Å². The van der Waals surface area contributed by atoms with Gasteiger partial charge in [0.25, 0.3) is 0 Å². The van der Waals surface area contributed by atoms with Gasteiger partial charge < -0.3 is 15.4 Å². The Morgan fingerprint density at radius 1 is 1.16 bits per heavy atom. The Morgan fingerprint density at radius 2 is 1.79 bits per heavy atom. The van der Waals surface area contributed by atoms with Gasteiger partial charge in [0.1, 0.15) is 0 Å². The van der Waals surface area contributed by atoms with Crippen LogP contribution in [0.5, 0.6) is 0 Å². The maximum absolute atomic E-state index is 11.4. The number of urea groups is 1. The van der Waals surface area contributed by atoms with Crippen molar-refractivity contribution in [1.29, 1.82) is 0 Å². The van der Waals surface area contributed by atoms with Gasteiger partial charge in [-0.2, -0.15) is 0 Å². The highest BCUT2D eigenvalue weighted by molar-refractivity contribution is 6.30. The van der Waals surface area contributed by atoms with E-state index >= 15 is 0 Å².